The number of carbonyl (C=O) groups is 1. The van der Waals surface area contributed by atoms with Gasteiger partial charge in [0.15, 0.2) is 6.61 Å². The van der Waals surface area contributed by atoms with E-state index >= 15 is 0 Å². The Kier molecular flexibility index (Phi) is 5.19. The number of nitrogens with one attached hydrogen (secondary N) is 1. The minimum atomic E-state index is -0.0724. The average Bonchev–Trinajstić information content (AvgIpc) is 3.39. The minimum Gasteiger partial charge on any atom is -0.483 e. The Morgan fingerprint density at radius 3 is 2.52 bits per heavy atom. The highest BCUT2D eigenvalue weighted by molar-refractivity contribution is 9.10. The first-order valence-electron chi connectivity index (χ1n) is 8.67. The van der Waals surface area contributed by atoms with Crippen LogP contribution in [-0.2, 0) is 10.2 Å². The third-order valence-electron chi connectivity index (χ3n) is 5.33. The van der Waals surface area contributed by atoms with Gasteiger partial charge in [0.05, 0.1) is 0 Å². The monoisotopic (exact) mass is 401 g/mol. The van der Waals surface area contributed by atoms with Crippen LogP contribution in [0.1, 0.15) is 36.5 Å². The molecule has 2 aromatic carbocycles. The van der Waals surface area contributed by atoms with Gasteiger partial charge in [0, 0.05) is 15.9 Å². The molecule has 0 heterocycles. The highest BCUT2D eigenvalue weighted by Crippen LogP contribution is 2.51. The van der Waals surface area contributed by atoms with E-state index < -0.39 is 0 Å². The van der Waals surface area contributed by atoms with Gasteiger partial charge >= 0.3 is 0 Å². The number of benzene rings is 2. The van der Waals surface area contributed by atoms with Gasteiger partial charge in [-0.05, 0) is 68.5 Å². The zero-order valence-corrected chi connectivity index (χ0v) is 16.5. The Bertz CT molecular complexity index is 766. The van der Waals surface area contributed by atoms with Crippen molar-refractivity contribution in [1.82, 2.24) is 5.32 Å². The maximum Gasteiger partial charge on any atom is 0.258 e. The molecule has 1 N–H and O–H groups in total. The number of aryl methyl sites for hydroxylation is 1. The lowest BCUT2D eigenvalue weighted by Crippen LogP contribution is -2.43. The summed E-state index contributed by atoms with van der Waals surface area (Å²) in [6, 6.07) is 14.4. The van der Waals surface area contributed by atoms with Crippen molar-refractivity contribution < 1.29 is 9.53 Å². The summed E-state index contributed by atoms with van der Waals surface area (Å²) in [4.78, 5) is 12.3. The van der Waals surface area contributed by atoms with Crippen molar-refractivity contribution in [3.63, 3.8) is 0 Å². The molecule has 0 radical (unpaired) electrons. The lowest BCUT2D eigenvalue weighted by Gasteiger charge is -2.25. The molecule has 0 spiro atoms. The first-order chi connectivity index (χ1) is 11.9. The summed E-state index contributed by atoms with van der Waals surface area (Å²) in [6.07, 6.45) is 2.21. The Labute approximate surface area is 157 Å². The third kappa shape index (κ3) is 3.90. The van der Waals surface area contributed by atoms with Gasteiger partial charge in [-0.2, -0.15) is 0 Å². The van der Waals surface area contributed by atoms with Crippen LogP contribution < -0.4 is 10.1 Å². The fourth-order valence-corrected chi connectivity index (χ4v) is 3.60. The zero-order chi connectivity index (χ0) is 18.0. The van der Waals surface area contributed by atoms with Gasteiger partial charge in [0.25, 0.3) is 5.91 Å². The number of rotatable bonds is 6. The number of hydrogen-bond donors (Lipinski definition) is 1. The van der Waals surface area contributed by atoms with Crippen LogP contribution in [0, 0.1) is 13.8 Å². The van der Waals surface area contributed by atoms with Crippen LogP contribution >= 0.6 is 15.9 Å². The number of amides is 1. The summed E-state index contributed by atoms with van der Waals surface area (Å²) in [7, 11) is 0. The van der Waals surface area contributed by atoms with Crippen molar-refractivity contribution in [2.75, 3.05) is 6.61 Å². The van der Waals surface area contributed by atoms with E-state index in [-0.39, 0.29) is 24.0 Å². The third-order valence-corrected chi connectivity index (χ3v) is 5.86. The molecule has 2 aromatic rings. The molecule has 0 bridgehead atoms. The predicted molar refractivity (Wildman–Crippen MR) is 104 cm³/mol. The number of hydrogen-bond acceptors (Lipinski definition) is 2. The summed E-state index contributed by atoms with van der Waals surface area (Å²) in [5, 5.41) is 3.12. The van der Waals surface area contributed by atoms with Gasteiger partial charge in [-0.1, -0.05) is 40.2 Å². The molecular formula is C21H24BrNO2. The van der Waals surface area contributed by atoms with E-state index in [1.807, 2.05) is 32.0 Å². The van der Waals surface area contributed by atoms with Gasteiger partial charge in [-0.15, -0.1) is 0 Å². The second-order valence-electron chi connectivity index (χ2n) is 6.94. The summed E-state index contributed by atoms with van der Waals surface area (Å²) < 4.78 is 6.79. The quantitative estimate of drug-likeness (QED) is 0.762. The molecule has 25 heavy (non-hydrogen) atoms. The topological polar surface area (TPSA) is 38.3 Å². The largest absolute Gasteiger partial charge is 0.483 e. The van der Waals surface area contributed by atoms with Crippen molar-refractivity contribution in [2.45, 2.75) is 45.1 Å². The van der Waals surface area contributed by atoms with Gasteiger partial charge in [-0.3, -0.25) is 4.79 Å². The molecule has 1 unspecified atom stereocenters. The van der Waals surface area contributed by atoms with E-state index in [0.717, 1.165) is 28.6 Å². The lowest BCUT2D eigenvalue weighted by atomic mass is 9.89. The first-order valence-corrected chi connectivity index (χ1v) is 9.46. The van der Waals surface area contributed by atoms with E-state index in [4.69, 9.17) is 4.74 Å². The zero-order valence-electron chi connectivity index (χ0n) is 14.9. The van der Waals surface area contributed by atoms with Gasteiger partial charge < -0.3 is 10.1 Å². The fourth-order valence-electron chi connectivity index (χ4n) is 3.33. The van der Waals surface area contributed by atoms with E-state index in [1.54, 1.807) is 0 Å². The van der Waals surface area contributed by atoms with Crippen molar-refractivity contribution in [3.8, 4) is 5.75 Å². The van der Waals surface area contributed by atoms with Crippen molar-refractivity contribution >= 4 is 21.8 Å². The maximum atomic E-state index is 12.3. The smallest absolute Gasteiger partial charge is 0.258 e. The molecule has 4 heteroatoms. The Morgan fingerprint density at radius 1 is 1.20 bits per heavy atom. The highest BCUT2D eigenvalue weighted by Gasteiger charge is 2.49. The van der Waals surface area contributed by atoms with Crippen LogP contribution in [0.2, 0.25) is 0 Å². The summed E-state index contributed by atoms with van der Waals surface area (Å²) >= 11 is 3.48. The number of halogens is 1. The molecule has 0 aromatic heterocycles. The molecule has 1 fully saturated rings. The van der Waals surface area contributed by atoms with Gasteiger partial charge in [0.2, 0.25) is 0 Å². The molecular weight excluding hydrogens is 378 g/mol. The van der Waals surface area contributed by atoms with Crippen molar-refractivity contribution in [2.24, 2.45) is 0 Å². The molecule has 1 saturated carbocycles. The van der Waals surface area contributed by atoms with Crippen LogP contribution in [0.4, 0.5) is 0 Å². The standard InChI is InChI=1S/C21H24BrNO2/c1-14-5-4-6-19(15(14)2)25-13-20(24)23-16(3)21(11-12-21)17-7-9-18(22)10-8-17/h4-10,16H,11-13H2,1-3H3,(H,23,24). The number of carbonyl (C=O) groups excluding carboxylic acids is 1. The van der Waals surface area contributed by atoms with E-state index in [2.05, 4.69) is 52.4 Å². The Balaban J connectivity index is 1.59. The molecule has 1 amide bonds. The summed E-state index contributed by atoms with van der Waals surface area (Å²) in [5.74, 6) is 0.702. The van der Waals surface area contributed by atoms with E-state index in [9.17, 15) is 4.79 Å². The van der Waals surface area contributed by atoms with E-state index in [0.29, 0.717) is 0 Å². The second-order valence-corrected chi connectivity index (χ2v) is 7.85. The van der Waals surface area contributed by atoms with Crippen LogP contribution in [0.5, 0.6) is 5.75 Å². The lowest BCUT2D eigenvalue weighted by molar-refractivity contribution is -0.123. The average molecular weight is 402 g/mol. The van der Waals surface area contributed by atoms with Crippen molar-refractivity contribution in [3.05, 3.63) is 63.6 Å². The molecule has 1 aliphatic carbocycles. The van der Waals surface area contributed by atoms with Gasteiger partial charge in [0.1, 0.15) is 5.75 Å². The SMILES string of the molecule is Cc1cccc(OCC(=O)NC(C)C2(c3ccc(Br)cc3)CC2)c1C. The van der Waals surface area contributed by atoms with Crippen LogP contribution in [0.15, 0.2) is 46.9 Å². The molecule has 3 rings (SSSR count). The molecule has 0 aliphatic heterocycles. The summed E-state index contributed by atoms with van der Waals surface area (Å²) in [6.45, 7) is 6.19. The fraction of sp³-hybridized carbons (Fsp3) is 0.381. The molecule has 3 nitrogen and oxygen atoms in total. The normalized spacial score (nSPS) is 16.2. The van der Waals surface area contributed by atoms with Crippen LogP contribution in [0.25, 0.3) is 0 Å². The minimum absolute atomic E-state index is 0.0467. The highest BCUT2D eigenvalue weighted by atomic mass is 79.9. The predicted octanol–water partition coefficient (Wildman–Crippen LogP) is 4.68. The summed E-state index contributed by atoms with van der Waals surface area (Å²) in [5.41, 5.74) is 3.60. The molecule has 0 saturated heterocycles. The molecule has 1 aliphatic rings. The Hall–Kier alpha value is -1.81. The number of ether oxygens (including phenoxy) is 1. The second kappa shape index (κ2) is 7.20. The van der Waals surface area contributed by atoms with Crippen LogP contribution in [-0.4, -0.2) is 18.6 Å². The Morgan fingerprint density at radius 2 is 1.88 bits per heavy atom. The first kappa shape index (κ1) is 18.0. The van der Waals surface area contributed by atoms with Crippen molar-refractivity contribution in [1.29, 1.82) is 0 Å². The van der Waals surface area contributed by atoms with E-state index in [1.165, 1.54) is 11.1 Å². The maximum absolute atomic E-state index is 12.3. The van der Waals surface area contributed by atoms with Crippen LogP contribution in [0.3, 0.4) is 0 Å². The molecule has 1 atom stereocenters. The molecule has 132 valence electrons. The van der Waals surface area contributed by atoms with Gasteiger partial charge in [-0.25, -0.2) is 0 Å².